The summed E-state index contributed by atoms with van der Waals surface area (Å²) in [5, 5.41) is 6.00. The van der Waals surface area contributed by atoms with Gasteiger partial charge in [-0.3, -0.25) is 0 Å². The first-order valence-corrected chi connectivity index (χ1v) is 14.1. The molecule has 3 aromatic rings. The van der Waals surface area contributed by atoms with Gasteiger partial charge in [-0.15, -0.1) is 5.06 Å². The second-order valence-corrected chi connectivity index (χ2v) is 10.2. The van der Waals surface area contributed by atoms with Crippen molar-refractivity contribution in [2.75, 3.05) is 32.8 Å². The molecule has 4 rings (SSSR count). The van der Waals surface area contributed by atoms with Crippen molar-refractivity contribution in [1.29, 1.82) is 0 Å². The van der Waals surface area contributed by atoms with E-state index in [0.717, 1.165) is 41.9 Å². The van der Waals surface area contributed by atoms with Crippen LogP contribution in [-0.4, -0.2) is 55.9 Å². The molecule has 3 aromatic carbocycles. The number of carbonyl (C=O) groups is 2. The summed E-state index contributed by atoms with van der Waals surface area (Å²) in [4.78, 5) is 30.0. The highest BCUT2D eigenvalue weighted by atomic mass is 35.5. The van der Waals surface area contributed by atoms with Gasteiger partial charge in [-0.25, -0.2) is 9.59 Å². The van der Waals surface area contributed by atoms with E-state index >= 15 is 0 Å². The Labute approximate surface area is 250 Å². The van der Waals surface area contributed by atoms with Gasteiger partial charge in [0, 0.05) is 54.8 Å². The molecule has 1 N–H and O–H groups in total. The Morgan fingerprint density at radius 1 is 0.829 bits per heavy atom. The van der Waals surface area contributed by atoms with E-state index in [1.54, 1.807) is 5.06 Å². The van der Waals surface area contributed by atoms with Crippen molar-refractivity contribution in [1.82, 2.24) is 10.4 Å². The summed E-state index contributed by atoms with van der Waals surface area (Å²) in [6.45, 7) is 2.91. The van der Waals surface area contributed by atoms with Gasteiger partial charge in [0.2, 0.25) is 0 Å². The molecule has 1 heterocycles. The number of hydrogen-bond acceptors (Lipinski definition) is 7. The molecule has 1 unspecified atom stereocenters. The van der Waals surface area contributed by atoms with Crippen LogP contribution < -0.4 is 5.32 Å². The highest BCUT2D eigenvalue weighted by Gasteiger charge is 2.18. The van der Waals surface area contributed by atoms with Crippen LogP contribution >= 0.6 is 23.2 Å². The molecule has 0 radical (unpaired) electrons. The Kier molecular flexibility index (Phi) is 12.0. The molecule has 1 aliphatic heterocycles. The van der Waals surface area contributed by atoms with E-state index in [0.29, 0.717) is 29.6 Å². The van der Waals surface area contributed by atoms with Gasteiger partial charge in [0.15, 0.2) is 0 Å². The standard InChI is InChI=1S/C32H32Cl2N2O5/c33-27-11-7-25(8-12-27)32(26-9-13-28(34)14-10-26)39-23-18-29(15-6-24-4-2-1-3-5-24)40-30(37)16-17-31(38)41-36-21-19-35-20-22-36/h1-17,29,32,35H,18-23H2/b15-6?,17-16-. The second kappa shape index (κ2) is 16.1. The van der Waals surface area contributed by atoms with E-state index in [4.69, 9.17) is 37.5 Å². The molecular weight excluding hydrogens is 563 g/mol. The summed E-state index contributed by atoms with van der Waals surface area (Å²) >= 11 is 12.2. The van der Waals surface area contributed by atoms with E-state index in [2.05, 4.69) is 5.32 Å². The predicted octanol–water partition coefficient (Wildman–Crippen LogP) is 6.03. The monoisotopic (exact) mass is 594 g/mol. The van der Waals surface area contributed by atoms with Crippen LogP contribution in [0.2, 0.25) is 10.0 Å². The second-order valence-electron chi connectivity index (χ2n) is 9.31. The minimum Gasteiger partial charge on any atom is -0.455 e. The number of halogens is 2. The molecule has 7 nitrogen and oxygen atoms in total. The SMILES string of the molecule is O=C(/C=C\C(=O)ON1CCNCC1)OC(C=Cc1ccccc1)CCOC(c1ccc(Cl)cc1)c1ccc(Cl)cc1. The minimum absolute atomic E-state index is 0.280. The van der Waals surface area contributed by atoms with E-state index in [1.165, 1.54) is 0 Å². The molecule has 1 saturated heterocycles. The quantitative estimate of drug-likeness (QED) is 0.202. The van der Waals surface area contributed by atoms with Crippen LogP contribution in [-0.2, 0) is 23.9 Å². The molecule has 0 saturated carbocycles. The first-order valence-electron chi connectivity index (χ1n) is 13.4. The summed E-state index contributed by atoms with van der Waals surface area (Å²) in [5.41, 5.74) is 2.82. The largest absolute Gasteiger partial charge is 0.455 e. The van der Waals surface area contributed by atoms with Gasteiger partial charge in [-0.2, -0.15) is 0 Å². The van der Waals surface area contributed by atoms with Crippen LogP contribution in [0.3, 0.4) is 0 Å². The highest BCUT2D eigenvalue weighted by molar-refractivity contribution is 6.30. The molecule has 41 heavy (non-hydrogen) atoms. The lowest BCUT2D eigenvalue weighted by atomic mass is 10.0. The fourth-order valence-corrected chi connectivity index (χ4v) is 4.41. The fourth-order valence-electron chi connectivity index (χ4n) is 4.16. The maximum atomic E-state index is 12.6. The lowest BCUT2D eigenvalue weighted by Crippen LogP contribution is -2.44. The van der Waals surface area contributed by atoms with Crippen molar-refractivity contribution in [2.45, 2.75) is 18.6 Å². The summed E-state index contributed by atoms with van der Waals surface area (Å²) in [5.74, 6) is -1.28. The summed E-state index contributed by atoms with van der Waals surface area (Å²) < 4.78 is 12.0. The van der Waals surface area contributed by atoms with Crippen molar-refractivity contribution in [2.24, 2.45) is 0 Å². The lowest BCUT2D eigenvalue weighted by Gasteiger charge is -2.24. The number of benzene rings is 3. The molecule has 1 aliphatic rings. The third kappa shape index (κ3) is 10.5. The molecule has 1 fully saturated rings. The van der Waals surface area contributed by atoms with Crippen molar-refractivity contribution in [3.63, 3.8) is 0 Å². The van der Waals surface area contributed by atoms with Crippen LogP contribution in [0.15, 0.2) is 97.1 Å². The van der Waals surface area contributed by atoms with Gasteiger partial charge in [-0.05, 0) is 47.0 Å². The van der Waals surface area contributed by atoms with Gasteiger partial charge >= 0.3 is 11.9 Å². The third-order valence-corrected chi connectivity index (χ3v) is 6.76. The normalized spacial score (nSPS) is 14.9. The number of nitrogens with one attached hydrogen (secondary N) is 1. The molecule has 214 valence electrons. The first kappa shape index (κ1) is 30.5. The van der Waals surface area contributed by atoms with Crippen LogP contribution in [0.1, 0.15) is 29.2 Å². The third-order valence-electron chi connectivity index (χ3n) is 6.25. The zero-order chi connectivity index (χ0) is 28.9. The van der Waals surface area contributed by atoms with Gasteiger partial charge in [0.05, 0.1) is 6.61 Å². The van der Waals surface area contributed by atoms with Crippen molar-refractivity contribution in [3.05, 3.63) is 124 Å². The molecule has 0 bridgehead atoms. The Morgan fingerprint density at radius 3 is 2.02 bits per heavy atom. The molecule has 0 aliphatic carbocycles. The smallest absolute Gasteiger partial charge is 0.349 e. The number of esters is 1. The van der Waals surface area contributed by atoms with Crippen molar-refractivity contribution in [3.8, 4) is 0 Å². The van der Waals surface area contributed by atoms with Crippen LogP contribution in [0, 0.1) is 0 Å². The molecule has 0 aromatic heterocycles. The number of carbonyl (C=O) groups excluding carboxylic acids is 2. The highest BCUT2D eigenvalue weighted by Crippen LogP contribution is 2.28. The number of hydroxylamine groups is 2. The zero-order valence-electron chi connectivity index (χ0n) is 22.5. The number of hydrogen-bond donors (Lipinski definition) is 1. The van der Waals surface area contributed by atoms with Gasteiger partial charge in [-0.1, -0.05) is 83.9 Å². The molecule has 9 heteroatoms. The van der Waals surface area contributed by atoms with Gasteiger partial charge < -0.3 is 19.6 Å². The van der Waals surface area contributed by atoms with E-state index in [9.17, 15) is 9.59 Å². The molecule has 0 amide bonds. The van der Waals surface area contributed by atoms with Crippen LogP contribution in [0.25, 0.3) is 6.08 Å². The Morgan fingerprint density at radius 2 is 1.41 bits per heavy atom. The maximum Gasteiger partial charge on any atom is 0.349 e. The predicted molar refractivity (Wildman–Crippen MR) is 160 cm³/mol. The summed E-state index contributed by atoms with van der Waals surface area (Å²) in [6, 6.07) is 24.6. The number of piperazine rings is 1. The van der Waals surface area contributed by atoms with Gasteiger partial charge in [0.1, 0.15) is 12.2 Å². The van der Waals surface area contributed by atoms with Gasteiger partial charge in [0.25, 0.3) is 0 Å². The van der Waals surface area contributed by atoms with Crippen molar-refractivity contribution >= 4 is 41.2 Å². The maximum absolute atomic E-state index is 12.6. The summed E-state index contributed by atoms with van der Waals surface area (Å²) in [6.07, 6.45) is 5.26. The summed E-state index contributed by atoms with van der Waals surface area (Å²) in [7, 11) is 0. The van der Waals surface area contributed by atoms with Crippen LogP contribution in [0.4, 0.5) is 0 Å². The fraction of sp³-hybridized carbons (Fsp3) is 0.250. The number of nitrogens with zero attached hydrogens (tertiary/aromatic N) is 1. The van der Waals surface area contributed by atoms with Crippen LogP contribution in [0.5, 0.6) is 0 Å². The van der Waals surface area contributed by atoms with E-state index in [1.807, 2.05) is 91.0 Å². The Hall–Kier alpha value is -3.46. The number of rotatable bonds is 12. The Bertz CT molecular complexity index is 1260. The topological polar surface area (TPSA) is 77.1 Å². The molecule has 1 atom stereocenters. The average molecular weight is 596 g/mol. The Balaban J connectivity index is 1.41. The lowest BCUT2D eigenvalue weighted by molar-refractivity contribution is -0.186. The van der Waals surface area contributed by atoms with E-state index < -0.39 is 18.0 Å². The molecular formula is C32H32Cl2N2O5. The average Bonchev–Trinajstić information content (AvgIpc) is 2.99. The first-order chi connectivity index (χ1) is 20.0. The molecule has 0 spiro atoms. The minimum atomic E-state index is -0.656. The number of ether oxygens (including phenoxy) is 2. The van der Waals surface area contributed by atoms with E-state index in [-0.39, 0.29) is 12.7 Å². The zero-order valence-corrected chi connectivity index (χ0v) is 24.0. The van der Waals surface area contributed by atoms with Crippen molar-refractivity contribution < 1.29 is 23.9 Å².